The fourth-order valence-electron chi connectivity index (χ4n) is 2.25. The van der Waals surface area contributed by atoms with Crippen molar-refractivity contribution in [2.45, 2.75) is 20.0 Å². The molecule has 2 rings (SSSR count). The predicted molar refractivity (Wildman–Crippen MR) is 91.6 cm³/mol. The molecule has 3 nitrogen and oxygen atoms in total. The van der Waals surface area contributed by atoms with E-state index in [2.05, 4.69) is 37.8 Å². The Morgan fingerprint density at radius 1 is 1.23 bits per heavy atom. The Morgan fingerprint density at radius 3 is 2.64 bits per heavy atom. The SMILES string of the molecule is C=CC[NH2+]CC(=O)N(Cc1ccccc1)Cc1ccc(C)s1. The maximum Gasteiger partial charge on any atom is 0.278 e. The Kier molecular flexibility index (Phi) is 6.37. The number of amides is 1. The molecule has 0 aliphatic carbocycles. The van der Waals surface area contributed by atoms with Crippen molar-refractivity contribution in [3.05, 3.63) is 70.4 Å². The molecule has 1 amide bonds. The van der Waals surface area contributed by atoms with Crippen LogP contribution >= 0.6 is 11.3 Å². The van der Waals surface area contributed by atoms with Gasteiger partial charge in [-0.25, -0.2) is 0 Å². The van der Waals surface area contributed by atoms with E-state index in [-0.39, 0.29) is 5.91 Å². The van der Waals surface area contributed by atoms with Crippen LogP contribution in [0.4, 0.5) is 0 Å². The van der Waals surface area contributed by atoms with Crippen molar-refractivity contribution in [3.8, 4) is 0 Å². The Hall–Kier alpha value is -1.91. The van der Waals surface area contributed by atoms with Gasteiger partial charge in [-0.15, -0.1) is 11.3 Å². The zero-order valence-electron chi connectivity index (χ0n) is 13.0. The van der Waals surface area contributed by atoms with Crippen molar-refractivity contribution in [2.75, 3.05) is 13.1 Å². The van der Waals surface area contributed by atoms with Crippen LogP contribution in [0.25, 0.3) is 0 Å². The second-order valence-corrected chi connectivity index (χ2v) is 6.64. The molecule has 0 atom stereocenters. The van der Waals surface area contributed by atoms with E-state index in [1.54, 1.807) is 11.3 Å². The van der Waals surface area contributed by atoms with Gasteiger partial charge in [-0.1, -0.05) is 36.9 Å². The van der Waals surface area contributed by atoms with E-state index in [4.69, 9.17) is 0 Å². The number of rotatable bonds is 8. The van der Waals surface area contributed by atoms with Crippen molar-refractivity contribution in [3.63, 3.8) is 0 Å². The molecule has 0 aliphatic rings. The van der Waals surface area contributed by atoms with Gasteiger partial charge in [-0.2, -0.15) is 0 Å². The highest BCUT2D eigenvalue weighted by Gasteiger charge is 2.16. The van der Waals surface area contributed by atoms with Crippen LogP contribution in [-0.4, -0.2) is 23.9 Å². The van der Waals surface area contributed by atoms with E-state index in [1.165, 1.54) is 9.75 Å². The van der Waals surface area contributed by atoms with Gasteiger partial charge in [0.05, 0.1) is 13.1 Å². The largest absolute Gasteiger partial charge is 0.335 e. The van der Waals surface area contributed by atoms with Crippen molar-refractivity contribution in [1.29, 1.82) is 0 Å². The lowest BCUT2D eigenvalue weighted by molar-refractivity contribution is -0.635. The number of nitrogens with two attached hydrogens (primary N) is 1. The van der Waals surface area contributed by atoms with Gasteiger partial charge in [0, 0.05) is 16.3 Å². The molecule has 0 spiro atoms. The Labute approximate surface area is 136 Å². The van der Waals surface area contributed by atoms with Gasteiger partial charge < -0.3 is 10.2 Å². The number of aryl methyl sites for hydroxylation is 1. The minimum atomic E-state index is 0.164. The molecule has 0 saturated carbocycles. The summed E-state index contributed by atoms with van der Waals surface area (Å²) in [6, 6.07) is 14.4. The molecule has 0 radical (unpaired) electrons. The van der Waals surface area contributed by atoms with E-state index in [1.807, 2.05) is 34.5 Å². The first-order valence-corrected chi connectivity index (χ1v) is 8.30. The van der Waals surface area contributed by atoms with Crippen molar-refractivity contribution in [2.24, 2.45) is 0 Å². The number of hydrogen-bond donors (Lipinski definition) is 1. The fourth-order valence-corrected chi connectivity index (χ4v) is 3.15. The number of carbonyl (C=O) groups excluding carboxylic acids is 1. The Morgan fingerprint density at radius 2 is 2.00 bits per heavy atom. The highest BCUT2D eigenvalue weighted by atomic mass is 32.1. The number of hydrogen-bond acceptors (Lipinski definition) is 2. The lowest BCUT2D eigenvalue weighted by Crippen LogP contribution is -2.86. The lowest BCUT2D eigenvalue weighted by Gasteiger charge is -2.21. The molecule has 2 aromatic rings. The smallest absolute Gasteiger partial charge is 0.278 e. The van der Waals surface area contributed by atoms with Gasteiger partial charge in [-0.05, 0) is 30.7 Å². The third kappa shape index (κ3) is 5.13. The summed E-state index contributed by atoms with van der Waals surface area (Å²) in [5, 5.41) is 1.98. The Balaban J connectivity index is 2.05. The third-order valence-electron chi connectivity index (χ3n) is 3.36. The molecule has 116 valence electrons. The van der Waals surface area contributed by atoms with Gasteiger partial charge in [0.15, 0.2) is 6.54 Å². The molecule has 0 bridgehead atoms. The van der Waals surface area contributed by atoms with Gasteiger partial charge >= 0.3 is 0 Å². The topological polar surface area (TPSA) is 36.9 Å². The van der Waals surface area contributed by atoms with Crippen LogP contribution in [0.1, 0.15) is 15.3 Å². The molecule has 0 aliphatic heterocycles. The van der Waals surface area contributed by atoms with Crippen LogP contribution in [0.5, 0.6) is 0 Å². The van der Waals surface area contributed by atoms with E-state index in [0.29, 0.717) is 19.6 Å². The summed E-state index contributed by atoms with van der Waals surface area (Å²) in [5.41, 5.74) is 1.16. The van der Waals surface area contributed by atoms with E-state index >= 15 is 0 Å². The molecule has 4 heteroatoms. The number of nitrogens with zero attached hydrogens (tertiary/aromatic N) is 1. The van der Waals surface area contributed by atoms with Crippen LogP contribution in [0.2, 0.25) is 0 Å². The molecular formula is C18H23N2OS+. The maximum atomic E-state index is 12.5. The first kappa shape index (κ1) is 16.5. The third-order valence-corrected chi connectivity index (χ3v) is 4.35. The quantitative estimate of drug-likeness (QED) is 0.589. The van der Waals surface area contributed by atoms with Crippen molar-refractivity contribution >= 4 is 17.2 Å². The average Bonchev–Trinajstić information content (AvgIpc) is 2.93. The van der Waals surface area contributed by atoms with Crippen LogP contribution in [0, 0.1) is 6.92 Å². The number of carbonyl (C=O) groups is 1. The van der Waals surface area contributed by atoms with Crippen LogP contribution < -0.4 is 5.32 Å². The van der Waals surface area contributed by atoms with Gasteiger partial charge in [0.1, 0.15) is 0 Å². The first-order chi connectivity index (χ1) is 10.7. The summed E-state index contributed by atoms with van der Waals surface area (Å²) >= 11 is 1.75. The standard InChI is InChI=1S/C18H22N2OS/c1-3-11-19-12-18(21)20(13-16-7-5-4-6-8-16)14-17-10-9-15(2)22-17/h3-10,19H,1,11-14H2,2H3/p+1. The zero-order valence-corrected chi connectivity index (χ0v) is 13.8. The summed E-state index contributed by atoms with van der Waals surface area (Å²) in [5.74, 6) is 0.164. The average molecular weight is 315 g/mol. The molecule has 22 heavy (non-hydrogen) atoms. The lowest BCUT2D eigenvalue weighted by atomic mass is 10.2. The molecule has 1 aromatic carbocycles. The minimum Gasteiger partial charge on any atom is -0.335 e. The highest BCUT2D eigenvalue weighted by molar-refractivity contribution is 7.11. The van der Waals surface area contributed by atoms with Crippen LogP contribution in [0.3, 0.4) is 0 Å². The molecule has 0 fully saturated rings. The highest BCUT2D eigenvalue weighted by Crippen LogP contribution is 2.18. The van der Waals surface area contributed by atoms with E-state index in [0.717, 1.165) is 12.1 Å². The van der Waals surface area contributed by atoms with Crippen molar-refractivity contribution in [1.82, 2.24) is 4.90 Å². The summed E-state index contributed by atoms with van der Waals surface area (Å²) in [7, 11) is 0. The molecule has 1 aromatic heterocycles. The molecule has 0 unspecified atom stereocenters. The number of benzene rings is 1. The maximum absolute atomic E-state index is 12.5. The van der Waals surface area contributed by atoms with E-state index in [9.17, 15) is 4.79 Å². The summed E-state index contributed by atoms with van der Waals surface area (Å²) in [4.78, 5) is 16.9. The molecule has 2 N–H and O–H groups in total. The second-order valence-electron chi connectivity index (χ2n) is 5.26. The Bertz CT molecular complexity index is 607. The molecular weight excluding hydrogens is 292 g/mol. The van der Waals surface area contributed by atoms with Crippen LogP contribution in [-0.2, 0) is 17.9 Å². The number of quaternary nitrogens is 1. The normalized spacial score (nSPS) is 10.4. The number of thiophene rings is 1. The monoisotopic (exact) mass is 315 g/mol. The van der Waals surface area contributed by atoms with Crippen LogP contribution in [0.15, 0.2) is 55.1 Å². The van der Waals surface area contributed by atoms with Gasteiger partial charge in [-0.3, -0.25) is 4.79 Å². The predicted octanol–water partition coefficient (Wildman–Crippen LogP) is 2.33. The zero-order chi connectivity index (χ0) is 15.8. The van der Waals surface area contributed by atoms with Crippen molar-refractivity contribution < 1.29 is 10.1 Å². The molecule has 0 saturated heterocycles. The second kappa shape index (κ2) is 8.51. The van der Waals surface area contributed by atoms with Gasteiger partial charge in [0.25, 0.3) is 5.91 Å². The summed E-state index contributed by atoms with van der Waals surface area (Å²) in [6.07, 6.45) is 1.82. The first-order valence-electron chi connectivity index (χ1n) is 7.48. The van der Waals surface area contributed by atoms with Gasteiger partial charge in [0.2, 0.25) is 0 Å². The fraction of sp³-hybridized carbons (Fsp3) is 0.278. The summed E-state index contributed by atoms with van der Waals surface area (Å²) < 4.78 is 0. The minimum absolute atomic E-state index is 0.164. The van der Waals surface area contributed by atoms with E-state index < -0.39 is 0 Å². The molecule has 1 heterocycles. The summed E-state index contributed by atoms with van der Waals surface area (Å²) in [6.45, 7) is 8.33.